The Hall–Kier alpha value is -5.13. The number of fused-ring (bicyclic) bond motifs is 6. The number of thiazole rings is 1. The molecule has 6 bridgehead atoms. The standard InChI is InChI=1S/C51H63N9O6S/c1-28(2)24-65-46-44(56-47(61)42-29(3)41(42)37-16-18-52-27-54-37)49(62)59-19-9-11-38(57-59)50(63)66-26-51(5,6)21-36-35-20-31(39-25-67-48(46)55-39)12-15-40(35)60(33-22-58(23-33)32-13-14-32)45(36)34-10-8-17-53-43(34)30(4)64-7/h8,10,12,15-18,20,25,27-30,32-33,38,41-42,44,46,57H,9,11,13-14,19,21-24,26H2,1-7H3,(H,56,61)/t29-,30-,38-,41-,42+,44-,46-/m0/s1. The van der Waals surface area contributed by atoms with Crippen molar-refractivity contribution < 1.29 is 28.6 Å². The van der Waals surface area contributed by atoms with E-state index in [0.29, 0.717) is 43.5 Å². The van der Waals surface area contributed by atoms with Crippen molar-refractivity contribution in [2.45, 2.75) is 116 Å². The number of likely N-dealkylation sites (tertiary alicyclic amines) is 1. The van der Waals surface area contributed by atoms with E-state index >= 15 is 4.79 Å². The first-order chi connectivity index (χ1) is 32.3. The number of nitrogens with zero attached hydrogens (tertiary/aromatic N) is 7. The van der Waals surface area contributed by atoms with Gasteiger partial charge in [0.2, 0.25) is 5.91 Å². The van der Waals surface area contributed by atoms with Gasteiger partial charge in [-0.2, -0.15) is 0 Å². The van der Waals surface area contributed by atoms with Crippen LogP contribution in [0.2, 0.25) is 0 Å². The molecule has 7 heterocycles. The van der Waals surface area contributed by atoms with Gasteiger partial charge in [-0.15, -0.1) is 11.3 Å². The number of carbonyl (C=O) groups is 3. The van der Waals surface area contributed by atoms with E-state index in [1.54, 1.807) is 13.3 Å². The van der Waals surface area contributed by atoms with Crippen molar-refractivity contribution in [3.8, 4) is 22.5 Å². The summed E-state index contributed by atoms with van der Waals surface area (Å²) in [5, 5.41) is 8.33. The van der Waals surface area contributed by atoms with E-state index in [-0.39, 0.29) is 42.4 Å². The summed E-state index contributed by atoms with van der Waals surface area (Å²) >= 11 is 1.42. The van der Waals surface area contributed by atoms with E-state index in [0.717, 1.165) is 63.5 Å². The van der Waals surface area contributed by atoms with Crippen molar-refractivity contribution in [2.24, 2.45) is 23.2 Å². The fourth-order valence-electron chi connectivity index (χ4n) is 10.5. The zero-order valence-corrected chi connectivity index (χ0v) is 40.4. The molecule has 3 aliphatic heterocycles. The molecule has 10 rings (SSSR count). The summed E-state index contributed by atoms with van der Waals surface area (Å²) in [6, 6.07) is 11.6. The van der Waals surface area contributed by atoms with E-state index in [9.17, 15) is 9.59 Å². The number of rotatable bonds is 11. The van der Waals surface area contributed by atoms with Crippen molar-refractivity contribution in [1.82, 2.24) is 45.2 Å². The molecule has 5 aliphatic rings. The molecule has 0 unspecified atom stereocenters. The van der Waals surface area contributed by atoms with Gasteiger partial charge in [-0.3, -0.25) is 29.3 Å². The van der Waals surface area contributed by atoms with Gasteiger partial charge in [0.15, 0.2) is 0 Å². The Morgan fingerprint density at radius 2 is 1.88 bits per heavy atom. The smallest absolute Gasteiger partial charge is 0.324 e. The normalized spacial score (nSPS) is 26.2. The highest BCUT2D eigenvalue weighted by atomic mass is 32.1. The number of aromatic nitrogens is 5. The molecule has 0 radical (unpaired) electrons. The van der Waals surface area contributed by atoms with Crippen LogP contribution in [0.1, 0.15) is 113 Å². The van der Waals surface area contributed by atoms with Gasteiger partial charge < -0.3 is 24.1 Å². The maximum absolute atomic E-state index is 15.0. The second kappa shape index (κ2) is 18.4. The van der Waals surface area contributed by atoms with Crippen LogP contribution < -0.4 is 10.7 Å². The van der Waals surface area contributed by atoms with Gasteiger partial charge >= 0.3 is 5.97 Å². The lowest BCUT2D eigenvalue weighted by Gasteiger charge is -2.42. The van der Waals surface area contributed by atoms with Crippen LogP contribution in [0, 0.1) is 23.2 Å². The average molecular weight is 930 g/mol. The van der Waals surface area contributed by atoms with Crippen LogP contribution in [-0.4, -0.2) is 110 Å². The number of amides is 2. The summed E-state index contributed by atoms with van der Waals surface area (Å²) in [6.45, 7) is 15.2. The molecule has 2 saturated carbocycles. The Kier molecular flexibility index (Phi) is 12.5. The largest absolute Gasteiger partial charge is 0.464 e. The zero-order chi connectivity index (χ0) is 46.7. The number of hydrazine groups is 1. The molecule has 4 aromatic heterocycles. The Morgan fingerprint density at radius 3 is 2.63 bits per heavy atom. The Morgan fingerprint density at radius 1 is 1.06 bits per heavy atom. The van der Waals surface area contributed by atoms with Crippen molar-refractivity contribution in [3.05, 3.63) is 82.5 Å². The van der Waals surface area contributed by atoms with Crippen LogP contribution in [0.3, 0.4) is 0 Å². The van der Waals surface area contributed by atoms with Gasteiger partial charge in [0.25, 0.3) is 5.91 Å². The van der Waals surface area contributed by atoms with Gasteiger partial charge in [-0.1, -0.05) is 40.7 Å². The third-order valence-electron chi connectivity index (χ3n) is 14.4. The fraction of sp³-hybridized carbons (Fsp3) is 0.549. The maximum atomic E-state index is 15.0. The minimum Gasteiger partial charge on any atom is -0.464 e. The first-order valence-electron chi connectivity index (χ1n) is 24.1. The summed E-state index contributed by atoms with van der Waals surface area (Å²) in [4.78, 5) is 64.9. The maximum Gasteiger partial charge on any atom is 0.324 e. The molecule has 7 atom stereocenters. The van der Waals surface area contributed by atoms with E-state index < -0.39 is 41.4 Å². The van der Waals surface area contributed by atoms with Crippen molar-refractivity contribution in [1.29, 1.82) is 0 Å². The molecule has 2 amide bonds. The SMILES string of the molecule is CO[C@@H](C)c1ncccc1-c1c2c3cc(ccc3n1C1CN(C3CC3)C1)-c1csc(n1)[C@@H](OCC(C)C)[C@H](NC(=O)[C@@H]1[C@@H](C)[C@H]1c1ccncn1)C(=O)N1CCC[C@H](N1)C(=O)OCC(C)(C)C2. The number of carbonyl (C=O) groups excluding carboxylic acids is 3. The topological polar surface area (TPSA) is 166 Å². The molecule has 4 fully saturated rings. The summed E-state index contributed by atoms with van der Waals surface area (Å²) in [5.74, 6) is -1.47. The Bertz CT molecular complexity index is 2640. The second-order valence-electron chi connectivity index (χ2n) is 20.6. The number of cyclic esters (lactones) is 1. The van der Waals surface area contributed by atoms with E-state index in [1.807, 2.05) is 37.6 Å². The van der Waals surface area contributed by atoms with Crippen LogP contribution >= 0.6 is 11.3 Å². The number of esters is 1. The third kappa shape index (κ3) is 9.03. The van der Waals surface area contributed by atoms with E-state index in [4.69, 9.17) is 24.2 Å². The average Bonchev–Trinajstić information content (AvgIpc) is 4.19. The van der Waals surface area contributed by atoms with Crippen molar-refractivity contribution in [3.63, 3.8) is 0 Å². The number of methoxy groups -OCH3 is 1. The van der Waals surface area contributed by atoms with Gasteiger partial charge in [0.1, 0.15) is 29.5 Å². The first-order valence-corrected chi connectivity index (χ1v) is 24.9. The van der Waals surface area contributed by atoms with Gasteiger partial charge in [-0.25, -0.2) is 20.4 Å². The molecule has 2 saturated heterocycles. The number of ether oxygens (including phenoxy) is 3. The molecule has 354 valence electrons. The zero-order valence-electron chi connectivity index (χ0n) is 39.6. The van der Waals surface area contributed by atoms with Crippen LogP contribution in [0.5, 0.6) is 0 Å². The fourth-order valence-corrected chi connectivity index (χ4v) is 11.4. The predicted octanol–water partition coefficient (Wildman–Crippen LogP) is 7.21. The molecule has 0 spiro atoms. The number of benzene rings is 1. The third-order valence-corrected chi connectivity index (χ3v) is 15.3. The molecule has 67 heavy (non-hydrogen) atoms. The van der Waals surface area contributed by atoms with E-state index in [2.05, 4.69) is 82.1 Å². The number of pyridine rings is 1. The van der Waals surface area contributed by atoms with Gasteiger partial charge in [-0.05, 0) is 86.8 Å². The molecule has 1 aromatic carbocycles. The number of hydrogen-bond donors (Lipinski definition) is 2. The highest BCUT2D eigenvalue weighted by molar-refractivity contribution is 7.10. The van der Waals surface area contributed by atoms with Crippen LogP contribution in [-0.2, 0) is 35.0 Å². The minimum atomic E-state index is -1.16. The monoisotopic (exact) mass is 929 g/mol. The highest BCUT2D eigenvalue weighted by Gasteiger charge is 2.54. The molecular formula is C51H63N9O6S. The Balaban J connectivity index is 1.11. The molecule has 16 heteroatoms. The Labute approximate surface area is 396 Å². The second-order valence-corrected chi connectivity index (χ2v) is 21.5. The molecule has 2 aliphatic carbocycles. The molecule has 2 N–H and O–H groups in total. The lowest BCUT2D eigenvalue weighted by atomic mass is 9.84. The lowest BCUT2D eigenvalue weighted by molar-refractivity contribution is -0.157. The number of hydrogen-bond acceptors (Lipinski definition) is 13. The molecule has 5 aromatic rings. The van der Waals surface area contributed by atoms with Crippen LogP contribution in [0.4, 0.5) is 0 Å². The molecular weight excluding hydrogens is 867 g/mol. The highest BCUT2D eigenvalue weighted by Crippen LogP contribution is 2.53. The summed E-state index contributed by atoms with van der Waals surface area (Å²) in [7, 11) is 1.72. The first kappa shape index (κ1) is 45.6. The van der Waals surface area contributed by atoms with Crippen molar-refractivity contribution in [2.75, 3.05) is 40.0 Å². The lowest BCUT2D eigenvalue weighted by Crippen LogP contribution is -2.61. The van der Waals surface area contributed by atoms with Crippen LogP contribution in [0.15, 0.2) is 60.5 Å². The van der Waals surface area contributed by atoms with Crippen LogP contribution in [0.25, 0.3) is 33.4 Å². The summed E-state index contributed by atoms with van der Waals surface area (Å²) in [5.41, 5.74) is 10.5. The quantitative estimate of drug-likeness (QED) is 0.128. The minimum absolute atomic E-state index is 0.00644. The number of nitrogens with one attached hydrogen (secondary N) is 2. The van der Waals surface area contributed by atoms with Gasteiger partial charge in [0, 0.05) is 102 Å². The van der Waals surface area contributed by atoms with Gasteiger partial charge in [0.05, 0.1) is 35.8 Å². The van der Waals surface area contributed by atoms with E-state index in [1.165, 1.54) is 35.5 Å². The summed E-state index contributed by atoms with van der Waals surface area (Å²) in [6.07, 6.45) is 8.00. The van der Waals surface area contributed by atoms with Crippen molar-refractivity contribution >= 4 is 40.0 Å². The predicted molar refractivity (Wildman–Crippen MR) is 255 cm³/mol. The summed E-state index contributed by atoms with van der Waals surface area (Å²) < 4.78 is 21.4. The molecule has 15 nitrogen and oxygen atoms in total.